The fourth-order valence-electron chi connectivity index (χ4n) is 1.57. The van der Waals surface area contributed by atoms with Gasteiger partial charge < -0.3 is 0 Å². The highest BCUT2D eigenvalue weighted by molar-refractivity contribution is 7.11. The van der Waals surface area contributed by atoms with Gasteiger partial charge in [-0.15, -0.1) is 23.7 Å². The predicted molar refractivity (Wildman–Crippen MR) is 64.3 cm³/mol. The Kier molecular flexibility index (Phi) is 4.76. The average molecular weight is 223 g/mol. The first-order chi connectivity index (χ1) is 7.19. The van der Waals surface area contributed by atoms with Gasteiger partial charge in [0.15, 0.2) is 0 Å². The normalized spacial score (nSPS) is 12.4. The summed E-state index contributed by atoms with van der Waals surface area (Å²) in [5, 5.41) is 1.08. The summed E-state index contributed by atoms with van der Waals surface area (Å²) in [5.74, 6) is 8.18. The van der Waals surface area contributed by atoms with Crippen molar-refractivity contribution in [2.24, 2.45) is 5.84 Å². The lowest BCUT2D eigenvalue weighted by molar-refractivity contribution is 0.507. The number of nitrogens with zero attached hydrogens (tertiary/aromatic N) is 1. The molecule has 1 rings (SSSR count). The number of terminal acetylenes is 1. The third-order valence-electron chi connectivity index (χ3n) is 2.27. The van der Waals surface area contributed by atoms with E-state index in [0.29, 0.717) is 0 Å². The summed E-state index contributed by atoms with van der Waals surface area (Å²) in [5.41, 5.74) is 3.90. The van der Waals surface area contributed by atoms with Gasteiger partial charge in [-0.25, -0.2) is 4.98 Å². The molecule has 82 valence electrons. The predicted octanol–water partition coefficient (Wildman–Crippen LogP) is 2.07. The molecule has 1 aromatic rings. The molecular weight excluding hydrogens is 206 g/mol. The summed E-state index contributed by atoms with van der Waals surface area (Å²) in [6.07, 6.45) is 7.97. The first kappa shape index (κ1) is 12.2. The molecule has 0 spiro atoms. The maximum absolute atomic E-state index is 5.54. The fraction of sp³-hybridized carbons (Fsp3) is 0.545. The number of hydrogen-bond donors (Lipinski definition) is 2. The highest BCUT2D eigenvalue weighted by Crippen LogP contribution is 2.27. The smallest absolute Gasteiger partial charge is 0.0900 e. The van der Waals surface area contributed by atoms with Crippen LogP contribution in [0.4, 0.5) is 0 Å². The Bertz CT molecular complexity index is 351. The lowest BCUT2D eigenvalue weighted by Gasteiger charge is -2.13. The molecule has 0 saturated heterocycles. The summed E-state index contributed by atoms with van der Waals surface area (Å²) in [6.45, 7) is 4.03. The summed E-state index contributed by atoms with van der Waals surface area (Å²) < 4.78 is 0. The quantitative estimate of drug-likeness (QED) is 0.348. The van der Waals surface area contributed by atoms with E-state index in [1.54, 1.807) is 11.3 Å². The second-order valence-electron chi connectivity index (χ2n) is 3.50. The highest BCUT2D eigenvalue weighted by atomic mass is 32.1. The Morgan fingerprint density at radius 3 is 2.80 bits per heavy atom. The zero-order chi connectivity index (χ0) is 11.3. The topological polar surface area (TPSA) is 50.9 Å². The van der Waals surface area contributed by atoms with Crippen molar-refractivity contribution in [1.29, 1.82) is 0 Å². The molecule has 0 aromatic carbocycles. The van der Waals surface area contributed by atoms with Gasteiger partial charge in [-0.3, -0.25) is 11.3 Å². The maximum Gasteiger partial charge on any atom is 0.0900 e. The number of aryl methyl sites for hydroxylation is 2. The number of hydrazine groups is 1. The Hall–Kier alpha value is -0.890. The molecule has 0 bridgehead atoms. The Labute approximate surface area is 95.1 Å². The molecule has 0 amide bonds. The van der Waals surface area contributed by atoms with E-state index in [4.69, 9.17) is 12.3 Å². The van der Waals surface area contributed by atoms with Crippen LogP contribution in [-0.2, 0) is 0 Å². The molecule has 0 aliphatic rings. The van der Waals surface area contributed by atoms with Crippen LogP contribution >= 0.6 is 11.3 Å². The van der Waals surface area contributed by atoms with Crippen LogP contribution in [0.1, 0.15) is 40.9 Å². The molecule has 3 nitrogen and oxygen atoms in total. The molecule has 0 fully saturated rings. The van der Waals surface area contributed by atoms with Crippen LogP contribution in [-0.4, -0.2) is 4.98 Å². The molecule has 0 saturated carbocycles. The molecule has 1 heterocycles. The Morgan fingerprint density at radius 2 is 2.33 bits per heavy atom. The summed E-state index contributed by atoms with van der Waals surface area (Å²) in [7, 11) is 0. The Morgan fingerprint density at radius 1 is 1.60 bits per heavy atom. The van der Waals surface area contributed by atoms with Gasteiger partial charge in [0.25, 0.3) is 0 Å². The van der Waals surface area contributed by atoms with Crippen LogP contribution in [0, 0.1) is 26.2 Å². The number of nitrogens with two attached hydrogens (primary N) is 1. The lowest BCUT2D eigenvalue weighted by Crippen LogP contribution is -2.27. The maximum atomic E-state index is 5.54. The standard InChI is InChI=1S/C11H17N3S/c1-4-5-6-7-10(14-12)11-8(2)13-9(3)15-11/h1,10,14H,5-7,12H2,2-3H3. The largest absolute Gasteiger partial charge is 0.271 e. The molecule has 0 aliphatic heterocycles. The van der Waals surface area contributed by atoms with Gasteiger partial charge in [0.2, 0.25) is 0 Å². The molecular formula is C11H17N3S. The molecule has 0 radical (unpaired) electrons. The lowest BCUT2D eigenvalue weighted by atomic mass is 10.1. The van der Waals surface area contributed by atoms with Crippen LogP contribution in [0.5, 0.6) is 0 Å². The van der Waals surface area contributed by atoms with Crippen molar-refractivity contribution >= 4 is 11.3 Å². The number of thiazole rings is 1. The van der Waals surface area contributed by atoms with E-state index in [2.05, 4.69) is 16.3 Å². The van der Waals surface area contributed by atoms with E-state index in [-0.39, 0.29) is 6.04 Å². The molecule has 1 unspecified atom stereocenters. The van der Waals surface area contributed by atoms with Crippen molar-refractivity contribution < 1.29 is 0 Å². The van der Waals surface area contributed by atoms with Gasteiger partial charge in [0, 0.05) is 11.3 Å². The van der Waals surface area contributed by atoms with Crippen molar-refractivity contribution in [2.45, 2.75) is 39.2 Å². The average Bonchev–Trinajstić information content (AvgIpc) is 2.53. The second kappa shape index (κ2) is 5.86. The third kappa shape index (κ3) is 3.31. The number of unbranched alkanes of at least 4 members (excludes halogenated alkanes) is 1. The van der Waals surface area contributed by atoms with E-state index in [1.165, 1.54) is 4.88 Å². The van der Waals surface area contributed by atoms with Crippen LogP contribution in [0.15, 0.2) is 0 Å². The Balaban J connectivity index is 2.66. The highest BCUT2D eigenvalue weighted by Gasteiger charge is 2.15. The summed E-state index contributed by atoms with van der Waals surface area (Å²) in [6, 6.07) is 0.185. The molecule has 4 heteroatoms. The molecule has 15 heavy (non-hydrogen) atoms. The van der Waals surface area contributed by atoms with Crippen molar-refractivity contribution in [3.8, 4) is 12.3 Å². The fourth-order valence-corrected chi connectivity index (χ4v) is 2.59. The number of hydrogen-bond acceptors (Lipinski definition) is 4. The minimum atomic E-state index is 0.185. The van der Waals surface area contributed by atoms with Crippen molar-refractivity contribution in [3.63, 3.8) is 0 Å². The first-order valence-electron chi connectivity index (χ1n) is 5.02. The summed E-state index contributed by atoms with van der Waals surface area (Å²) >= 11 is 1.70. The molecule has 1 atom stereocenters. The van der Waals surface area contributed by atoms with E-state index in [0.717, 1.165) is 30.0 Å². The summed E-state index contributed by atoms with van der Waals surface area (Å²) in [4.78, 5) is 5.62. The van der Waals surface area contributed by atoms with Crippen LogP contribution in [0.3, 0.4) is 0 Å². The van der Waals surface area contributed by atoms with Crippen LogP contribution in [0.25, 0.3) is 0 Å². The number of rotatable bonds is 5. The van der Waals surface area contributed by atoms with Crippen molar-refractivity contribution in [2.75, 3.05) is 0 Å². The number of nitrogens with one attached hydrogen (secondary N) is 1. The third-order valence-corrected chi connectivity index (χ3v) is 3.46. The molecule has 0 aliphatic carbocycles. The van der Waals surface area contributed by atoms with E-state index >= 15 is 0 Å². The van der Waals surface area contributed by atoms with Gasteiger partial charge in [-0.2, -0.15) is 0 Å². The number of aromatic nitrogens is 1. The second-order valence-corrected chi connectivity index (χ2v) is 4.73. The minimum Gasteiger partial charge on any atom is -0.271 e. The molecule has 1 aromatic heterocycles. The van der Waals surface area contributed by atoms with Gasteiger partial charge >= 0.3 is 0 Å². The minimum absolute atomic E-state index is 0.185. The van der Waals surface area contributed by atoms with Gasteiger partial charge in [-0.1, -0.05) is 0 Å². The molecule has 3 N–H and O–H groups in total. The van der Waals surface area contributed by atoms with Gasteiger partial charge in [0.1, 0.15) is 0 Å². The van der Waals surface area contributed by atoms with E-state index < -0.39 is 0 Å². The van der Waals surface area contributed by atoms with Crippen LogP contribution < -0.4 is 11.3 Å². The zero-order valence-electron chi connectivity index (χ0n) is 9.21. The monoisotopic (exact) mass is 223 g/mol. The van der Waals surface area contributed by atoms with Crippen molar-refractivity contribution in [1.82, 2.24) is 10.4 Å². The van der Waals surface area contributed by atoms with Gasteiger partial charge in [0.05, 0.1) is 16.7 Å². The zero-order valence-corrected chi connectivity index (χ0v) is 10.0. The SMILES string of the molecule is C#CCCCC(NN)c1sc(C)nc1C. The van der Waals surface area contributed by atoms with Crippen molar-refractivity contribution in [3.05, 3.63) is 15.6 Å². The van der Waals surface area contributed by atoms with Gasteiger partial charge in [-0.05, 0) is 26.7 Å². The first-order valence-corrected chi connectivity index (χ1v) is 5.84. The van der Waals surface area contributed by atoms with Crippen LogP contribution in [0.2, 0.25) is 0 Å². The van der Waals surface area contributed by atoms with E-state index in [1.807, 2.05) is 13.8 Å². The van der Waals surface area contributed by atoms with E-state index in [9.17, 15) is 0 Å².